The SMILES string of the molecule is CCC(C)(CC)O[C@H](C(=O)O)C1=C(c2ccc3c4c(ccnc24)CCO3)C2(C)CC=C(C)N=C2C=C1C. The molecule has 2 aliphatic heterocycles. The molecular weight excluding hydrogens is 464 g/mol. The molecule has 0 saturated carbocycles. The van der Waals surface area contributed by atoms with E-state index in [9.17, 15) is 9.90 Å². The van der Waals surface area contributed by atoms with Gasteiger partial charge in [0.05, 0.1) is 23.4 Å². The Bertz CT molecular complexity index is 1400. The maximum atomic E-state index is 12.9. The minimum atomic E-state index is -1.12. The summed E-state index contributed by atoms with van der Waals surface area (Å²) in [6, 6.07) is 6.10. The Morgan fingerprint density at radius 2 is 2.00 bits per heavy atom. The first-order chi connectivity index (χ1) is 17.6. The Kier molecular flexibility index (Phi) is 6.35. The minimum absolute atomic E-state index is 0.530. The number of aliphatic carboxylic acids is 1. The Labute approximate surface area is 218 Å². The molecule has 3 heterocycles. The first-order valence-electron chi connectivity index (χ1n) is 13.3. The van der Waals surface area contributed by atoms with Crippen LogP contribution in [0.1, 0.15) is 71.9 Å². The van der Waals surface area contributed by atoms with E-state index in [2.05, 4.69) is 19.1 Å². The average molecular weight is 501 g/mol. The maximum Gasteiger partial charge on any atom is 0.337 e. The van der Waals surface area contributed by atoms with Crippen LogP contribution in [0.5, 0.6) is 5.75 Å². The van der Waals surface area contributed by atoms with Crippen LogP contribution in [0.3, 0.4) is 0 Å². The van der Waals surface area contributed by atoms with Gasteiger partial charge in [-0.05, 0) is 93.5 Å². The fraction of sp³-hybridized carbons (Fsp3) is 0.452. The molecule has 2 aromatic rings. The monoisotopic (exact) mass is 500 g/mol. The number of hydrogen-bond acceptors (Lipinski definition) is 5. The van der Waals surface area contributed by atoms with Crippen molar-refractivity contribution in [3.05, 3.63) is 64.5 Å². The van der Waals surface area contributed by atoms with Crippen molar-refractivity contribution in [2.45, 2.75) is 78.9 Å². The third kappa shape index (κ3) is 4.11. The van der Waals surface area contributed by atoms with Gasteiger partial charge in [0, 0.05) is 34.7 Å². The van der Waals surface area contributed by atoms with Crippen molar-refractivity contribution >= 4 is 28.2 Å². The second-order valence-corrected chi connectivity index (χ2v) is 10.9. The van der Waals surface area contributed by atoms with Gasteiger partial charge in [0.25, 0.3) is 0 Å². The van der Waals surface area contributed by atoms with Crippen LogP contribution in [0, 0.1) is 5.41 Å². The molecule has 0 saturated heterocycles. The molecule has 0 spiro atoms. The normalized spacial score (nSPS) is 22.1. The van der Waals surface area contributed by atoms with Crippen LogP contribution >= 0.6 is 0 Å². The zero-order valence-electron chi connectivity index (χ0n) is 22.6. The Hall–Kier alpha value is -3.25. The predicted octanol–water partition coefficient (Wildman–Crippen LogP) is 6.69. The number of allylic oxidation sites excluding steroid dienone is 4. The van der Waals surface area contributed by atoms with E-state index in [0.717, 1.165) is 51.2 Å². The molecule has 0 bridgehead atoms. The smallest absolute Gasteiger partial charge is 0.337 e. The van der Waals surface area contributed by atoms with E-state index in [0.29, 0.717) is 31.4 Å². The maximum absolute atomic E-state index is 12.9. The number of carboxylic acid groups (broad SMARTS) is 1. The molecule has 1 unspecified atom stereocenters. The molecule has 0 amide bonds. The number of carbonyl (C=O) groups is 1. The summed E-state index contributed by atoms with van der Waals surface area (Å²) < 4.78 is 12.5. The van der Waals surface area contributed by atoms with Gasteiger partial charge in [0.2, 0.25) is 0 Å². The summed E-state index contributed by atoms with van der Waals surface area (Å²) in [6.45, 7) is 12.9. The van der Waals surface area contributed by atoms with Gasteiger partial charge in [-0.15, -0.1) is 0 Å². The van der Waals surface area contributed by atoms with E-state index in [-0.39, 0.29) is 0 Å². The predicted molar refractivity (Wildman–Crippen MR) is 147 cm³/mol. The number of aromatic nitrogens is 1. The summed E-state index contributed by atoms with van der Waals surface area (Å²) in [5, 5.41) is 11.6. The highest BCUT2D eigenvalue weighted by molar-refractivity contribution is 6.15. The first-order valence-corrected chi connectivity index (χ1v) is 13.3. The summed E-state index contributed by atoms with van der Waals surface area (Å²) in [5.74, 6) is -0.161. The van der Waals surface area contributed by atoms with Crippen LogP contribution in [0.15, 0.2) is 58.4 Å². The van der Waals surface area contributed by atoms with Gasteiger partial charge in [-0.3, -0.25) is 9.98 Å². The molecule has 0 radical (unpaired) electrons. The van der Waals surface area contributed by atoms with Gasteiger partial charge < -0.3 is 14.6 Å². The van der Waals surface area contributed by atoms with Crippen LogP contribution in [-0.2, 0) is 16.0 Å². The number of rotatable bonds is 7. The second kappa shape index (κ2) is 9.25. The van der Waals surface area contributed by atoms with Crippen LogP contribution in [0.2, 0.25) is 0 Å². The fourth-order valence-electron chi connectivity index (χ4n) is 5.83. The Balaban J connectivity index is 1.85. The number of benzene rings is 1. The van der Waals surface area contributed by atoms with Crippen molar-refractivity contribution in [2.24, 2.45) is 10.4 Å². The van der Waals surface area contributed by atoms with E-state index in [1.807, 2.05) is 59.0 Å². The second-order valence-electron chi connectivity index (χ2n) is 10.9. The number of pyridine rings is 1. The Morgan fingerprint density at radius 3 is 2.70 bits per heavy atom. The molecule has 1 N–H and O–H groups in total. The van der Waals surface area contributed by atoms with Gasteiger partial charge in [-0.25, -0.2) is 4.79 Å². The number of nitrogens with zero attached hydrogens (tertiary/aromatic N) is 2. The molecule has 1 aliphatic carbocycles. The first kappa shape index (κ1) is 25.4. The van der Waals surface area contributed by atoms with Crippen molar-refractivity contribution in [3.8, 4) is 5.75 Å². The quantitative estimate of drug-likeness (QED) is 0.458. The van der Waals surface area contributed by atoms with Crippen LogP contribution in [0.4, 0.5) is 0 Å². The molecule has 6 nitrogen and oxygen atoms in total. The summed E-state index contributed by atoms with van der Waals surface area (Å²) in [5.41, 5.74) is 6.27. The molecule has 1 aromatic heterocycles. The number of ether oxygens (including phenoxy) is 2. The lowest BCUT2D eigenvalue weighted by Gasteiger charge is -2.42. The van der Waals surface area contributed by atoms with Crippen molar-refractivity contribution < 1.29 is 19.4 Å². The third-order valence-corrected chi connectivity index (χ3v) is 8.49. The van der Waals surface area contributed by atoms with E-state index in [4.69, 9.17) is 19.5 Å². The minimum Gasteiger partial charge on any atom is -0.493 e. The lowest BCUT2D eigenvalue weighted by Crippen LogP contribution is -2.42. The van der Waals surface area contributed by atoms with Crippen LogP contribution < -0.4 is 4.74 Å². The molecule has 3 aliphatic rings. The zero-order valence-corrected chi connectivity index (χ0v) is 22.6. The molecule has 194 valence electrons. The topological polar surface area (TPSA) is 81.0 Å². The molecular formula is C31H36N2O4. The Morgan fingerprint density at radius 1 is 1.24 bits per heavy atom. The van der Waals surface area contributed by atoms with Gasteiger partial charge in [0.1, 0.15) is 5.75 Å². The number of carboxylic acids is 1. The van der Waals surface area contributed by atoms with Crippen molar-refractivity contribution in [1.29, 1.82) is 0 Å². The molecule has 0 fully saturated rings. The van der Waals surface area contributed by atoms with E-state index >= 15 is 0 Å². The van der Waals surface area contributed by atoms with Gasteiger partial charge in [-0.2, -0.15) is 0 Å². The number of hydrogen-bond donors (Lipinski definition) is 1. The van der Waals surface area contributed by atoms with Crippen LogP contribution in [-0.4, -0.2) is 40.1 Å². The molecule has 5 rings (SSSR count). The standard InChI is InChI=1S/C31H36N2O4/c1-7-30(5,8-2)37-28(29(34)35)24-18(3)17-23-31(6,14-11-19(4)33-23)26(24)21-9-10-22-25-20(13-16-36-22)12-15-32-27(21)25/h9-12,15,17,28H,7-8,13-14,16H2,1-6H3,(H,34,35)/t28-,31?/m0/s1. The molecule has 2 atom stereocenters. The van der Waals surface area contributed by atoms with Gasteiger partial charge >= 0.3 is 5.97 Å². The van der Waals surface area contributed by atoms with Crippen molar-refractivity contribution in [1.82, 2.24) is 4.98 Å². The van der Waals surface area contributed by atoms with Crippen LogP contribution in [0.25, 0.3) is 16.5 Å². The lowest BCUT2D eigenvalue weighted by atomic mass is 9.64. The summed E-state index contributed by atoms with van der Waals surface area (Å²) in [7, 11) is 0. The highest BCUT2D eigenvalue weighted by atomic mass is 16.5. The summed E-state index contributed by atoms with van der Waals surface area (Å²) in [4.78, 5) is 22.7. The van der Waals surface area contributed by atoms with E-state index in [1.54, 1.807) is 0 Å². The van der Waals surface area contributed by atoms with E-state index in [1.165, 1.54) is 5.56 Å². The molecule has 1 aromatic carbocycles. The zero-order chi connectivity index (χ0) is 26.5. The highest BCUT2D eigenvalue weighted by Gasteiger charge is 2.45. The summed E-state index contributed by atoms with van der Waals surface area (Å²) in [6.07, 6.45) is 7.86. The fourth-order valence-corrected chi connectivity index (χ4v) is 5.83. The number of fused-ring (bicyclic) bond motifs is 1. The molecule has 37 heavy (non-hydrogen) atoms. The third-order valence-electron chi connectivity index (χ3n) is 8.49. The molecule has 6 heteroatoms. The summed E-state index contributed by atoms with van der Waals surface area (Å²) >= 11 is 0. The lowest BCUT2D eigenvalue weighted by molar-refractivity contribution is -0.158. The highest BCUT2D eigenvalue weighted by Crippen LogP contribution is 2.52. The largest absolute Gasteiger partial charge is 0.493 e. The van der Waals surface area contributed by atoms with Crippen molar-refractivity contribution in [3.63, 3.8) is 0 Å². The van der Waals surface area contributed by atoms with Crippen molar-refractivity contribution in [2.75, 3.05) is 6.61 Å². The van der Waals surface area contributed by atoms with E-state index < -0.39 is 23.1 Å². The van der Waals surface area contributed by atoms with Gasteiger partial charge in [0.15, 0.2) is 6.10 Å². The van der Waals surface area contributed by atoms with Gasteiger partial charge in [-0.1, -0.05) is 19.9 Å². The average Bonchev–Trinajstić information content (AvgIpc) is 2.88. The number of aliphatic imine (C=N–C) groups is 1.